The summed E-state index contributed by atoms with van der Waals surface area (Å²) in [6, 6.07) is 20.5. The predicted molar refractivity (Wildman–Crippen MR) is 153 cm³/mol. The standard InChI is InChI=1S/C32H31NO7S/c1-19-29(32(36)40-18-21-9-4-7-14-28(21)41(3,37)38)30(20-10-8-11-23(34)15-20)31-25(33-19)16-22(17-26(31)35)24-12-5-6-13-27(24)39-2/h4-15,22,30,33-34H,16-18H2,1-3H3. The maximum Gasteiger partial charge on any atom is 0.337 e. The van der Waals surface area contributed by atoms with Crippen molar-refractivity contribution in [2.45, 2.75) is 43.1 Å². The average Bonchev–Trinajstić information content (AvgIpc) is 2.94. The van der Waals surface area contributed by atoms with Gasteiger partial charge >= 0.3 is 5.97 Å². The van der Waals surface area contributed by atoms with Crippen LogP contribution in [-0.4, -0.2) is 38.6 Å². The Hall–Kier alpha value is -4.37. The van der Waals surface area contributed by atoms with Gasteiger partial charge in [-0.1, -0.05) is 48.5 Å². The first-order chi connectivity index (χ1) is 19.6. The maximum absolute atomic E-state index is 13.8. The van der Waals surface area contributed by atoms with E-state index in [1.807, 2.05) is 24.3 Å². The first kappa shape index (κ1) is 28.2. The third-order valence-corrected chi connectivity index (χ3v) is 8.76. The number of allylic oxidation sites excluding steroid dienone is 3. The van der Waals surface area contributed by atoms with Crippen LogP contribution >= 0.6 is 0 Å². The number of hydrogen-bond acceptors (Lipinski definition) is 8. The van der Waals surface area contributed by atoms with Crippen LogP contribution in [0.4, 0.5) is 0 Å². The molecule has 0 aromatic heterocycles. The van der Waals surface area contributed by atoms with E-state index in [0.717, 1.165) is 11.8 Å². The van der Waals surface area contributed by atoms with Gasteiger partial charge in [0.05, 0.1) is 17.6 Å². The molecule has 0 radical (unpaired) electrons. The molecule has 2 N–H and O–H groups in total. The minimum Gasteiger partial charge on any atom is -0.508 e. The molecule has 3 aromatic rings. The fourth-order valence-corrected chi connectivity index (χ4v) is 6.71. The number of carbonyl (C=O) groups is 2. The van der Waals surface area contributed by atoms with Gasteiger partial charge in [0.25, 0.3) is 0 Å². The summed E-state index contributed by atoms with van der Waals surface area (Å²) in [5.41, 5.74) is 3.78. The number of nitrogens with one attached hydrogen (secondary N) is 1. The molecule has 1 aliphatic carbocycles. The van der Waals surface area contributed by atoms with Crippen LogP contribution in [0.25, 0.3) is 0 Å². The molecule has 0 fully saturated rings. The van der Waals surface area contributed by atoms with Crippen LogP contribution in [0.5, 0.6) is 11.5 Å². The van der Waals surface area contributed by atoms with Gasteiger partial charge in [-0.25, -0.2) is 13.2 Å². The molecule has 1 heterocycles. The number of sulfone groups is 1. The van der Waals surface area contributed by atoms with E-state index in [-0.39, 0.29) is 40.9 Å². The number of ketones is 1. The molecule has 3 aromatic carbocycles. The number of aromatic hydroxyl groups is 1. The van der Waals surface area contributed by atoms with E-state index in [4.69, 9.17) is 9.47 Å². The van der Waals surface area contributed by atoms with Gasteiger partial charge < -0.3 is 19.9 Å². The number of hydrogen-bond donors (Lipinski definition) is 2. The fourth-order valence-electron chi connectivity index (χ4n) is 5.78. The molecule has 2 atom stereocenters. The highest BCUT2D eigenvalue weighted by atomic mass is 32.2. The molecule has 0 bridgehead atoms. The predicted octanol–water partition coefficient (Wildman–Crippen LogP) is 4.91. The average molecular weight is 574 g/mol. The second kappa shape index (κ2) is 11.2. The van der Waals surface area contributed by atoms with Crippen LogP contribution < -0.4 is 10.1 Å². The maximum atomic E-state index is 13.8. The second-order valence-electron chi connectivity index (χ2n) is 10.3. The fraction of sp³-hybridized carbons (Fsp3) is 0.250. The van der Waals surface area contributed by atoms with Crippen molar-refractivity contribution in [3.63, 3.8) is 0 Å². The molecular weight excluding hydrogens is 542 g/mol. The largest absolute Gasteiger partial charge is 0.508 e. The monoisotopic (exact) mass is 573 g/mol. The van der Waals surface area contributed by atoms with E-state index in [2.05, 4.69) is 5.32 Å². The van der Waals surface area contributed by atoms with Gasteiger partial charge in [-0.15, -0.1) is 0 Å². The molecular formula is C32H31NO7S. The zero-order valence-corrected chi connectivity index (χ0v) is 23.8. The minimum absolute atomic E-state index is 0.00536. The number of dihydropyridines is 1. The van der Waals surface area contributed by atoms with Gasteiger partial charge in [0.1, 0.15) is 18.1 Å². The highest BCUT2D eigenvalue weighted by Crippen LogP contribution is 2.47. The summed E-state index contributed by atoms with van der Waals surface area (Å²) in [5, 5.41) is 13.6. The van der Waals surface area contributed by atoms with Gasteiger partial charge in [0.15, 0.2) is 15.6 Å². The van der Waals surface area contributed by atoms with Gasteiger partial charge in [0.2, 0.25) is 0 Å². The van der Waals surface area contributed by atoms with Crippen LogP contribution in [0.3, 0.4) is 0 Å². The SMILES string of the molecule is COc1ccccc1C1CC(=O)C2=C(C1)NC(C)=C(C(=O)OCc1ccccc1S(C)(=O)=O)C2c1cccc(O)c1. The summed E-state index contributed by atoms with van der Waals surface area (Å²) in [6.45, 7) is 1.49. The van der Waals surface area contributed by atoms with Crippen molar-refractivity contribution in [2.24, 2.45) is 0 Å². The Bertz CT molecular complexity index is 1700. The molecule has 9 heteroatoms. The van der Waals surface area contributed by atoms with Crippen molar-refractivity contribution in [3.05, 3.63) is 112 Å². The molecule has 0 spiro atoms. The summed E-state index contributed by atoms with van der Waals surface area (Å²) in [7, 11) is -1.94. The van der Waals surface area contributed by atoms with Crippen molar-refractivity contribution in [1.82, 2.24) is 5.32 Å². The number of carbonyl (C=O) groups excluding carboxylic acids is 2. The van der Waals surface area contributed by atoms with E-state index in [1.165, 1.54) is 12.1 Å². The van der Waals surface area contributed by atoms with Crippen LogP contribution in [0.1, 0.15) is 48.3 Å². The summed E-state index contributed by atoms with van der Waals surface area (Å²) in [5.74, 6) is -0.988. The summed E-state index contributed by atoms with van der Waals surface area (Å²) in [4.78, 5) is 27.6. The minimum atomic E-state index is -3.54. The zero-order chi connectivity index (χ0) is 29.3. The summed E-state index contributed by atoms with van der Waals surface area (Å²) in [6.07, 6.45) is 1.85. The second-order valence-corrected chi connectivity index (χ2v) is 12.3. The topological polar surface area (TPSA) is 119 Å². The smallest absolute Gasteiger partial charge is 0.337 e. The number of Topliss-reactive ketones (excluding diaryl/α,β-unsaturated/α-hetero) is 1. The zero-order valence-electron chi connectivity index (χ0n) is 23.0. The van der Waals surface area contributed by atoms with Crippen molar-refractivity contribution in [2.75, 3.05) is 13.4 Å². The first-order valence-electron chi connectivity index (χ1n) is 13.2. The molecule has 0 saturated carbocycles. The third-order valence-electron chi connectivity index (χ3n) is 7.56. The lowest BCUT2D eigenvalue weighted by molar-refractivity contribution is -0.140. The van der Waals surface area contributed by atoms with Gasteiger partial charge in [-0.05, 0) is 48.7 Å². The van der Waals surface area contributed by atoms with Gasteiger partial charge in [0, 0.05) is 47.0 Å². The Labute approximate surface area is 239 Å². The van der Waals surface area contributed by atoms with Crippen molar-refractivity contribution in [1.29, 1.82) is 0 Å². The normalized spacial score (nSPS) is 19.0. The molecule has 8 nitrogen and oxygen atoms in total. The lowest BCUT2D eigenvalue weighted by atomic mass is 9.71. The number of rotatable bonds is 7. The van der Waals surface area contributed by atoms with Crippen molar-refractivity contribution in [3.8, 4) is 11.5 Å². The Kier molecular flexibility index (Phi) is 7.73. The number of phenolic OH excluding ortho intramolecular Hbond substituents is 1. The quantitative estimate of drug-likeness (QED) is 0.383. The van der Waals surface area contributed by atoms with E-state index < -0.39 is 21.7 Å². The third kappa shape index (κ3) is 5.63. The molecule has 2 aliphatic rings. The van der Waals surface area contributed by atoms with Crippen LogP contribution in [-0.2, 0) is 30.8 Å². The summed E-state index contributed by atoms with van der Waals surface area (Å²) >= 11 is 0. The van der Waals surface area contributed by atoms with E-state index >= 15 is 0 Å². The molecule has 41 heavy (non-hydrogen) atoms. The molecule has 0 amide bonds. The molecule has 212 valence electrons. The first-order valence-corrected chi connectivity index (χ1v) is 15.1. The van der Waals surface area contributed by atoms with Gasteiger partial charge in [-0.2, -0.15) is 0 Å². The number of para-hydroxylation sites is 1. The Morgan fingerprint density at radius 1 is 1.02 bits per heavy atom. The molecule has 0 saturated heterocycles. The number of ether oxygens (including phenoxy) is 2. The number of esters is 1. The van der Waals surface area contributed by atoms with E-state index in [0.29, 0.717) is 40.3 Å². The van der Waals surface area contributed by atoms with Crippen molar-refractivity contribution < 1.29 is 32.6 Å². The van der Waals surface area contributed by atoms with Crippen molar-refractivity contribution >= 4 is 21.6 Å². The van der Waals surface area contributed by atoms with Crippen LogP contribution in [0.15, 0.2) is 100 Å². The molecule has 5 rings (SSSR count). The summed E-state index contributed by atoms with van der Waals surface area (Å²) < 4.78 is 35.7. The number of phenols is 1. The number of benzene rings is 3. The molecule has 1 aliphatic heterocycles. The highest BCUT2D eigenvalue weighted by molar-refractivity contribution is 7.90. The Balaban J connectivity index is 1.52. The van der Waals surface area contributed by atoms with Gasteiger partial charge in [-0.3, -0.25) is 4.79 Å². The van der Waals surface area contributed by atoms with E-state index in [9.17, 15) is 23.1 Å². The highest BCUT2D eigenvalue weighted by Gasteiger charge is 2.42. The van der Waals surface area contributed by atoms with E-state index in [1.54, 1.807) is 50.4 Å². The number of methoxy groups -OCH3 is 1. The lowest BCUT2D eigenvalue weighted by Gasteiger charge is -2.37. The molecule has 2 unspecified atom stereocenters. The van der Waals surface area contributed by atoms with Crippen LogP contribution in [0.2, 0.25) is 0 Å². The van der Waals surface area contributed by atoms with Crippen LogP contribution in [0, 0.1) is 0 Å². The Morgan fingerprint density at radius 3 is 2.49 bits per heavy atom. The lowest BCUT2D eigenvalue weighted by Crippen LogP contribution is -2.36. The Morgan fingerprint density at radius 2 is 1.76 bits per heavy atom.